The van der Waals surface area contributed by atoms with E-state index in [2.05, 4.69) is 10.1 Å². The first-order chi connectivity index (χ1) is 16.0. The standard InChI is InChI=1S/C24H19N5O3S/c1-3-32-19-11-9-16(10-12-19)21-17(14-28(27-21)18-7-5-4-6-8-18)13-20-23(31)29-24(33-20)25-22(30)15(2)26-29/h4-14H,3H2,1-2H3/b20-13-. The highest BCUT2D eigenvalue weighted by Gasteiger charge is 2.14. The highest BCUT2D eigenvalue weighted by atomic mass is 32.1. The second-order valence-corrected chi connectivity index (χ2v) is 8.29. The average Bonchev–Trinajstić information content (AvgIpc) is 3.37. The molecule has 0 saturated carbocycles. The predicted octanol–water partition coefficient (Wildman–Crippen LogP) is 2.62. The third-order valence-electron chi connectivity index (χ3n) is 5.03. The van der Waals surface area contributed by atoms with Gasteiger partial charge in [-0.1, -0.05) is 29.5 Å². The fraction of sp³-hybridized carbons (Fsp3) is 0.125. The smallest absolute Gasteiger partial charge is 0.295 e. The Morgan fingerprint density at radius 2 is 1.79 bits per heavy atom. The van der Waals surface area contributed by atoms with Crippen molar-refractivity contribution >= 4 is 22.4 Å². The van der Waals surface area contributed by atoms with Gasteiger partial charge >= 0.3 is 0 Å². The van der Waals surface area contributed by atoms with Crippen molar-refractivity contribution in [2.24, 2.45) is 0 Å². The minimum absolute atomic E-state index is 0.181. The maximum Gasteiger partial charge on any atom is 0.295 e. The Morgan fingerprint density at radius 1 is 1.03 bits per heavy atom. The average molecular weight is 458 g/mol. The number of fused-ring (bicyclic) bond motifs is 1. The summed E-state index contributed by atoms with van der Waals surface area (Å²) in [7, 11) is 0. The van der Waals surface area contributed by atoms with E-state index >= 15 is 0 Å². The highest BCUT2D eigenvalue weighted by molar-refractivity contribution is 7.15. The summed E-state index contributed by atoms with van der Waals surface area (Å²) in [5, 5.41) is 8.88. The molecule has 0 saturated heterocycles. The van der Waals surface area contributed by atoms with E-state index in [1.165, 1.54) is 11.4 Å². The molecule has 3 aromatic heterocycles. The van der Waals surface area contributed by atoms with Gasteiger partial charge in [-0.3, -0.25) is 9.59 Å². The summed E-state index contributed by atoms with van der Waals surface area (Å²) in [6.07, 6.45) is 3.64. The van der Waals surface area contributed by atoms with E-state index in [4.69, 9.17) is 9.84 Å². The molecule has 164 valence electrons. The molecule has 0 atom stereocenters. The molecular weight excluding hydrogens is 438 g/mol. The van der Waals surface area contributed by atoms with E-state index in [9.17, 15) is 9.59 Å². The number of nitrogens with zero attached hydrogens (tertiary/aromatic N) is 5. The topological polar surface area (TPSA) is 91.4 Å². The molecule has 0 aliphatic carbocycles. The maximum absolute atomic E-state index is 12.9. The van der Waals surface area contributed by atoms with Crippen LogP contribution in [-0.4, -0.2) is 31.0 Å². The van der Waals surface area contributed by atoms with Crippen LogP contribution in [0.1, 0.15) is 18.2 Å². The number of thiazole rings is 1. The van der Waals surface area contributed by atoms with Crippen LogP contribution in [0.2, 0.25) is 0 Å². The SMILES string of the molecule is CCOc1ccc(-c2nn(-c3ccccc3)cc2/C=c2\sc3nc(=O)c(C)nn3c2=O)cc1. The molecule has 0 unspecified atom stereocenters. The molecule has 0 amide bonds. The molecule has 33 heavy (non-hydrogen) atoms. The van der Waals surface area contributed by atoms with E-state index in [-0.39, 0.29) is 16.2 Å². The van der Waals surface area contributed by atoms with Gasteiger partial charge in [0, 0.05) is 17.3 Å². The summed E-state index contributed by atoms with van der Waals surface area (Å²) in [5.41, 5.74) is 2.67. The molecule has 0 aliphatic heterocycles. The molecule has 5 aromatic rings. The second kappa shape index (κ2) is 8.44. The number of para-hydroxylation sites is 1. The Balaban J connectivity index is 1.70. The van der Waals surface area contributed by atoms with Gasteiger partial charge in [0.25, 0.3) is 11.1 Å². The molecule has 0 radical (unpaired) electrons. The Morgan fingerprint density at radius 3 is 2.52 bits per heavy atom. The van der Waals surface area contributed by atoms with Crippen LogP contribution in [0.15, 0.2) is 70.4 Å². The van der Waals surface area contributed by atoms with Gasteiger partial charge in [-0.2, -0.15) is 19.7 Å². The van der Waals surface area contributed by atoms with Crippen molar-refractivity contribution in [3.8, 4) is 22.7 Å². The second-order valence-electron chi connectivity index (χ2n) is 7.28. The number of hydrogen-bond acceptors (Lipinski definition) is 7. The van der Waals surface area contributed by atoms with Gasteiger partial charge < -0.3 is 4.74 Å². The first kappa shape index (κ1) is 20.8. The lowest BCUT2D eigenvalue weighted by molar-refractivity contribution is 0.340. The predicted molar refractivity (Wildman–Crippen MR) is 127 cm³/mol. The van der Waals surface area contributed by atoms with Crippen molar-refractivity contribution in [3.63, 3.8) is 0 Å². The van der Waals surface area contributed by atoms with Crippen LogP contribution in [-0.2, 0) is 0 Å². The molecule has 9 heteroatoms. The van der Waals surface area contributed by atoms with Crippen LogP contribution in [0.3, 0.4) is 0 Å². The molecular formula is C24H19N5O3S. The number of hydrogen-bond donors (Lipinski definition) is 0. The third-order valence-corrected chi connectivity index (χ3v) is 5.99. The van der Waals surface area contributed by atoms with Gasteiger partial charge in [-0.05, 0) is 56.3 Å². The lowest BCUT2D eigenvalue weighted by Gasteiger charge is -2.04. The molecule has 0 bridgehead atoms. The van der Waals surface area contributed by atoms with Crippen molar-refractivity contribution in [3.05, 3.63) is 97.3 Å². The molecule has 2 aromatic carbocycles. The summed E-state index contributed by atoms with van der Waals surface area (Å²) in [4.78, 5) is 29.0. The lowest BCUT2D eigenvalue weighted by atomic mass is 10.1. The summed E-state index contributed by atoms with van der Waals surface area (Å²) in [6.45, 7) is 4.06. The molecule has 0 fully saturated rings. The van der Waals surface area contributed by atoms with E-state index in [1.807, 2.05) is 67.7 Å². The minimum atomic E-state index is -0.435. The van der Waals surface area contributed by atoms with E-state index in [1.54, 1.807) is 10.8 Å². The van der Waals surface area contributed by atoms with Gasteiger partial charge in [-0.15, -0.1) is 0 Å². The molecule has 0 aliphatic rings. The first-order valence-corrected chi connectivity index (χ1v) is 11.2. The third kappa shape index (κ3) is 3.94. The molecule has 8 nitrogen and oxygen atoms in total. The number of aryl methyl sites for hydroxylation is 1. The molecule has 0 spiro atoms. The van der Waals surface area contributed by atoms with Gasteiger partial charge in [0.1, 0.15) is 17.1 Å². The van der Waals surface area contributed by atoms with Gasteiger partial charge in [0.15, 0.2) is 0 Å². The Labute approximate surface area is 192 Å². The summed E-state index contributed by atoms with van der Waals surface area (Å²) in [6, 6.07) is 17.4. The zero-order valence-electron chi connectivity index (χ0n) is 17.9. The van der Waals surface area contributed by atoms with Crippen LogP contribution < -0.4 is 20.4 Å². The van der Waals surface area contributed by atoms with Gasteiger partial charge in [-0.25, -0.2) is 4.68 Å². The summed E-state index contributed by atoms with van der Waals surface area (Å²) in [5.74, 6) is 0.776. The number of ether oxygens (including phenoxy) is 1. The van der Waals surface area contributed by atoms with Crippen LogP contribution in [0, 0.1) is 6.92 Å². The fourth-order valence-corrected chi connectivity index (χ4v) is 4.33. The number of benzene rings is 2. The van der Waals surface area contributed by atoms with Gasteiger partial charge in [0.05, 0.1) is 16.8 Å². The number of rotatable bonds is 5. The van der Waals surface area contributed by atoms with Crippen LogP contribution in [0.5, 0.6) is 5.75 Å². The largest absolute Gasteiger partial charge is 0.494 e. The Hall–Kier alpha value is -4.11. The van der Waals surface area contributed by atoms with Crippen molar-refractivity contribution in [1.82, 2.24) is 24.4 Å². The Bertz CT molecular complexity index is 1620. The summed E-state index contributed by atoms with van der Waals surface area (Å²) < 4.78 is 8.92. The van der Waals surface area contributed by atoms with E-state index in [0.717, 1.165) is 33.9 Å². The van der Waals surface area contributed by atoms with Gasteiger partial charge in [0.2, 0.25) is 4.96 Å². The van der Waals surface area contributed by atoms with Crippen molar-refractivity contribution < 1.29 is 4.74 Å². The van der Waals surface area contributed by atoms with Crippen LogP contribution >= 0.6 is 11.3 Å². The Kier molecular flexibility index (Phi) is 5.31. The monoisotopic (exact) mass is 457 g/mol. The quantitative estimate of drug-likeness (QED) is 0.403. The van der Waals surface area contributed by atoms with Crippen molar-refractivity contribution in [2.75, 3.05) is 6.61 Å². The molecule has 5 rings (SSSR count). The first-order valence-electron chi connectivity index (χ1n) is 10.3. The zero-order chi connectivity index (χ0) is 22.9. The normalized spacial score (nSPS) is 11.9. The molecule has 0 N–H and O–H groups in total. The van der Waals surface area contributed by atoms with Crippen molar-refractivity contribution in [2.45, 2.75) is 13.8 Å². The van der Waals surface area contributed by atoms with Crippen LogP contribution in [0.4, 0.5) is 0 Å². The fourth-order valence-electron chi connectivity index (χ4n) is 3.43. The van der Waals surface area contributed by atoms with E-state index in [0.29, 0.717) is 16.8 Å². The zero-order valence-corrected chi connectivity index (χ0v) is 18.7. The number of aromatic nitrogens is 5. The lowest BCUT2D eigenvalue weighted by Crippen LogP contribution is -2.27. The van der Waals surface area contributed by atoms with Crippen molar-refractivity contribution in [1.29, 1.82) is 0 Å². The highest BCUT2D eigenvalue weighted by Crippen LogP contribution is 2.26. The molecule has 3 heterocycles. The maximum atomic E-state index is 12.9. The van der Waals surface area contributed by atoms with E-state index < -0.39 is 5.56 Å². The van der Waals surface area contributed by atoms with Crippen LogP contribution in [0.25, 0.3) is 28.0 Å². The minimum Gasteiger partial charge on any atom is -0.494 e. The summed E-state index contributed by atoms with van der Waals surface area (Å²) >= 11 is 1.12.